The van der Waals surface area contributed by atoms with Crippen molar-refractivity contribution in [2.75, 3.05) is 14.1 Å². The summed E-state index contributed by atoms with van der Waals surface area (Å²) in [5.41, 5.74) is -0.0382. The third-order valence-electron chi connectivity index (χ3n) is 1.56. The Morgan fingerprint density at radius 2 is 2.22 bits per heavy atom. The van der Waals surface area contributed by atoms with Crippen molar-refractivity contribution >= 4 is 5.84 Å². The summed E-state index contributed by atoms with van der Waals surface area (Å²) in [7, 11) is 3.99. The van der Waals surface area contributed by atoms with Gasteiger partial charge in [-0.05, 0) is 6.92 Å². The molecule has 0 aromatic heterocycles. The lowest BCUT2D eigenvalue weighted by Crippen LogP contribution is -2.23. The van der Waals surface area contributed by atoms with Crippen LogP contribution in [0.3, 0.4) is 0 Å². The normalized spacial score (nSPS) is 31.2. The van der Waals surface area contributed by atoms with Gasteiger partial charge in [0.25, 0.3) is 0 Å². The van der Waals surface area contributed by atoms with Crippen molar-refractivity contribution in [1.82, 2.24) is 4.90 Å². The van der Waals surface area contributed by atoms with Gasteiger partial charge in [0.15, 0.2) is 0 Å². The Kier molecular flexibility index (Phi) is 1.12. The Morgan fingerprint density at radius 1 is 1.67 bits per heavy atom. The summed E-state index contributed by atoms with van der Waals surface area (Å²) in [6.07, 6.45) is 1.86. The van der Waals surface area contributed by atoms with Gasteiger partial charge in [0.05, 0.1) is 0 Å². The molecule has 1 aliphatic rings. The van der Waals surface area contributed by atoms with Crippen molar-refractivity contribution in [3.8, 4) is 0 Å². The monoisotopic (exact) mass is 124 g/mol. The molecule has 1 unspecified atom stereocenters. The number of rotatable bonds is 1. The smallest absolute Gasteiger partial charge is 0.135 e. The van der Waals surface area contributed by atoms with Gasteiger partial charge in [-0.2, -0.15) is 0 Å². The van der Waals surface area contributed by atoms with E-state index in [-0.39, 0.29) is 5.54 Å². The van der Waals surface area contributed by atoms with Crippen LogP contribution in [0.25, 0.3) is 0 Å². The maximum absolute atomic E-state index is 4.23. The highest BCUT2D eigenvalue weighted by atomic mass is 15.3. The predicted molar refractivity (Wildman–Crippen MR) is 39.7 cm³/mol. The van der Waals surface area contributed by atoms with Gasteiger partial charge in [0.1, 0.15) is 11.4 Å². The average molecular weight is 124 g/mol. The zero-order valence-corrected chi connectivity index (χ0v) is 6.18. The molecule has 1 aliphatic heterocycles. The summed E-state index contributed by atoms with van der Waals surface area (Å²) in [6, 6.07) is 0. The Balaban J connectivity index is 2.55. The van der Waals surface area contributed by atoms with E-state index in [1.54, 1.807) is 0 Å². The molecule has 1 heterocycles. The van der Waals surface area contributed by atoms with Crippen molar-refractivity contribution in [3.63, 3.8) is 0 Å². The largest absolute Gasteiger partial charge is 0.364 e. The van der Waals surface area contributed by atoms with Gasteiger partial charge >= 0.3 is 0 Å². The molecule has 0 bridgehead atoms. The van der Waals surface area contributed by atoms with Gasteiger partial charge in [0.2, 0.25) is 0 Å². The molecule has 0 aromatic carbocycles. The molecule has 0 spiro atoms. The molecule has 2 heteroatoms. The second kappa shape index (κ2) is 1.59. The first-order chi connectivity index (χ1) is 4.10. The number of nitrogens with zero attached hydrogens (tertiary/aromatic N) is 2. The molecule has 0 amide bonds. The Labute approximate surface area is 55.9 Å². The Morgan fingerprint density at radius 3 is 2.33 bits per heavy atom. The van der Waals surface area contributed by atoms with Crippen LogP contribution < -0.4 is 0 Å². The zero-order valence-electron chi connectivity index (χ0n) is 6.18. The topological polar surface area (TPSA) is 15.6 Å². The molecule has 0 fully saturated rings. The van der Waals surface area contributed by atoms with Crippen LogP contribution in [0.5, 0.6) is 0 Å². The van der Waals surface area contributed by atoms with E-state index in [1.807, 2.05) is 25.1 Å². The van der Waals surface area contributed by atoms with Crippen LogP contribution in [0.4, 0.5) is 0 Å². The highest BCUT2D eigenvalue weighted by Crippen LogP contribution is 2.28. The minimum atomic E-state index is -0.0382. The summed E-state index contributed by atoms with van der Waals surface area (Å²) in [5.74, 6) is 1.12. The molecule has 0 saturated heterocycles. The fourth-order valence-electron chi connectivity index (χ4n) is 0.882. The Hall–Kier alpha value is -0.790. The molecule has 1 rings (SSSR count). The number of amidine groups is 1. The average Bonchev–Trinajstić information content (AvgIpc) is 2.44. The molecule has 0 radical (unpaired) electrons. The fraction of sp³-hybridized carbons (Fsp3) is 0.571. The molecule has 2 nitrogen and oxygen atoms in total. The molecule has 0 saturated carbocycles. The molecular weight excluding hydrogens is 112 g/mol. The van der Waals surface area contributed by atoms with E-state index in [2.05, 4.69) is 18.5 Å². The summed E-state index contributed by atoms with van der Waals surface area (Å²) in [5, 5.41) is 0. The molecule has 9 heavy (non-hydrogen) atoms. The summed E-state index contributed by atoms with van der Waals surface area (Å²) in [6.45, 7) is 5.74. The van der Waals surface area contributed by atoms with E-state index in [9.17, 15) is 0 Å². The van der Waals surface area contributed by atoms with Crippen molar-refractivity contribution < 1.29 is 0 Å². The standard InChI is InChI=1S/C7H12N2/c1-5-7(2)6(8-7)9(3)4/h5H,1H2,2-4H3. The van der Waals surface area contributed by atoms with Crippen LogP contribution in [0.15, 0.2) is 17.6 Å². The molecule has 0 aliphatic carbocycles. The maximum atomic E-state index is 4.23. The second-order valence-corrected chi connectivity index (χ2v) is 2.68. The fourth-order valence-corrected chi connectivity index (χ4v) is 0.882. The van der Waals surface area contributed by atoms with Crippen LogP contribution >= 0.6 is 0 Å². The van der Waals surface area contributed by atoms with E-state index in [4.69, 9.17) is 0 Å². The van der Waals surface area contributed by atoms with E-state index in [0.717, 1.165) is 5.84 Å². The zero-order chi connectivity index (χ0) is 7.07. The highest BCUT2D eigenvalue weighted by Gasteiger charge is 2.40. The van der Waals surface area contributed by atoms with Crippen LogP contribution in [-0.2, 0) is 0 Å². The molecule has 1 atom stereocenters. The second-order valence-electron chi connectivity index (χ2n) is 2.68. The Bertz CT molecular complexity index is 170. The first-order valence-electron chi connectivity index (χ1n) is 3.01. The van der Waals surface area contributed by atoms with E-state index >= 15 is 0 Å². The van der Waals surface area contributed by atoms with Gasteiger partial charge < -0.3 is 4.90 Å². The molecular formula is C7H12N2. The van der Waals surface area contributed by atoms with Crippen molar-refractivity contribution in [2.24, 2.45) is 4.99 Å². The minimum absolute atomic E-state index is 0.0382. The maximum Gasteiger partial charge on any atom is 0.135 e. The van der Waals surface area contributed by atoms with E-state index in [0.29, 0.717) is 0 Å². The van der Waals surface area contributed by atoms with Crippen molar-refractivity contribution in [1.29, 1.82) is 0 Å². The molecule has 0 N–H and O–H groups in total. The summed E-state index contributed by atoms with van der Waals surface area (Å²) >= 11 is 0. The first kappa shape index (κ1) is 6.33. The van der Waals surface area contributed by atoms with Gasteiger partial charge in [-0.15, -0.1) is 6.58 Å². The van der Waals surface area contributed by atoms with Gasteiger partial charge in [-0.3, -0.25) is 4.99 Å². The van der Waals surface area contributed by atoms with Gasteiger partial charge in [0, 0.05) is 14.1 Å². The van der Waals surface area contributed by atoms with E-state index in [1.165, 1.54) is 0 Å². The van der Waals surface area contributed by atoms with Crippen LogP contribution in [0.1, 0.15) is 6.92 Å². The minimum Gasteiger partial charge on any atom is -0.364 e. The highest BCUT2D eigenvalue weighted by molar-refractivity contribution is 6.04. The number of hydrogen-bond acceptors (Lipinski definition) is 2. The van der Waals surface area contributed by atoms with Crippen LogP contribution in [-0.4, -0.2) is 30.4 Å². The third kappa shape index (κ3) is 0.846. The SMILES string of the molecule is C=CC1(C)N=C1N(C)C. The molecule has 50 valence electrons. The lowest BCUT2D eigenvalue weighted by Gasteiger charge is -2.08. The number of hydrogen-bond donors (Lipinski definition) is 0. The molecule has 0 aromatic rings. The number of aliphatic imine (C=N–C) groups is 1. The third-order valence-corrected chi connectivity index (χ3v) is 1.56. The van der Waals surface area contributed by atoms with E-state index < -0.39 is 0 Å². The van der Waals surface area contributed by atoms with Crippen molar-refractivity contribution in [3.05, 3.63) is 12.7 Å². The predicted octanol–water partition coefficient (Wildman–Crippen LogP) is 0.905. The van der Waals surface area contributed by atoms with Crippen LogP contribution in [0.2, 0.25) is 0 Å². The summed E-state index contributed by atoms with van der Waals surface area (Å²) < 4.78 is 0. The quantitative estimate of drug-likeness (QED) is 0.474. The van der Waals surface area contributed by atoms with Crippen molar-refractivity contribution in [2.45, 2.75) is 12.5 Å². The van der Waals surface area contributed by atoms with Gasteiger partial charge in [-0.25, -0.2) is 0 Å². The number of likely N-dealkylation sites (N-methyl/N-ethyl adjacent to an activating group) is 1. The van der Waals surface area contributed by atoms with Crippen LogP contribution in [0, 0.1) is 0 Å². The lowest BCUT2D eigenvalue weighted by atomic mass is 10.1. The van der Waals surface area contributed by atoms with Gasteiger partial charge in [-0.1, -0.05) is 6.08 Å². The lowest BCUT2D eigenvalue weighted by molar-refractivity contribution is 0.620. The summed E-state index contributed by atoms with van der Waals surface area (Å²) in [4.78, 5) is 6.24. The first-order valence-corrected chi connectivity index (χ1v) is 3.01.